The minimum absolute atomic E-state index is 0.245. The minimum Gasteiger partial charge on any atom is -0.490 e. The molecule has 0 unspecified atom stereocenters. The molecule has 0 atom stereocenters. The number of hydrogen-bond acceptors (Lipinski definition) is 5. The third-order valence-corrected chi connectivity index (χ3v) is 2.23. The van der Waals surface area contributed by atoms with Crippen LogP contribution >= 0.6 is 0 Å². The van der Waals surface area contributed by atoms with Gasteiger partial charge in [-0.1, -0.05) is 17.3 Å². The summed E-state index contributed by atoms with van der Waals surface area (Å²) in [5, 5.41) is 6.17. The van der Waals surface area contributed by atoms with Crippen molar-refractivity contribution in [1.29, 1.82) is 0 Å². The molecule has 0 saturated heterocycles. The molecule has 1 aromatic carbocycles. The number of amides is 1. The smallest absolute Gasteiger partial charge is 0.273 e. The average Bonchev–Trinajstić information content (AvgIpc) is 2.90. The molecule has 0 aliphatic carbocycles. The third-order valence-electron chi connectivity index (χ3n) is 2.23. The highest BCUT2D eigenvalue weighted by Gasteiger charge is 2.07. The lowest BCUT2D eigenvalue weighted by molar-refractivity contribution is 0.0938. The number of benzene rings is 1. The lowest BCUT2D eigenvalue weighted by Gasteiger charge is -2.08. The first kappa shape index (κ1) is 12.0. The van der Waals surface area contributed by atoms with Gasteiger partial charge in [0.1, 0.15) is 18.6 Å². The van der Waals surface area contributed by atoms with Gasteiger partial charge in [-0.15, -0.1) is 0 Å². The van der Waals surface area contributed by atoms with E-state index in [1.54, 1.807) is 12.1 Å². The molecule has 1 heterocycles. The summed E-state index contributed by atoms with van der Waals surface area (Å²) in [6.07, 6.45) is 1.34. The zero-order valence-electron chi connectivity index (χ0n) is 9.63. The molecule has 3 N–H and O–H groups in total. The first-order chi connectivity index (χ1) is 8.77. The Kier molecular flexibility index (Phi) is 3.80. The quantitative estimate of drug-likeness (QED) is 0.609. The molecule has 6 nitrogen and oxygen atoms in total. The van der Waals surface area contributed by atoms with Crippen LogP contribution < -0.4 is 15.8 Å². The van der Waals surface area contributed by atoms with Crippen LogP contribution in [0.25, 0.3) is 0 Å². The predicted octanol–water partition coefficient (Wildman–Crippen LogP) is 1.07. The van der Waals surface area contributed by atoms with Gasteiger partial charge in [0.15, 0.2) is 5.69 Å². The van der Waals surface area contributed by atoms with Gasteiger partial charge < -0.3 is 20.3 Å². The number of nitrogen functional groups attached to an aromatic ring is 1. The Morgan fingerprint density at radius 3 is 2.94 bits per heavy atom. The molecule has 0 spiro atoms. The predicted molar refractivity (Wildman–Crippen MR) is 65.2 cm³/mol. The van der Waals surface area contributed by atoms with Gasteiger partial charge in [-0.05, 0) is 12.1 Å². The number of nitrogens with zero attached hydrogens (tertiary/aromatic N) is 1. The highest BCUT2D eigenvalue weighted by atomic mass is 16.5. The summed E-state index contributed by atoms with van der Waals surface area (Å²) in [6.45, 7) is 0.692. The molecule has 18 heavy (non-hydrogen) atoms. The van der Waals surface area contributed by atoms with Gasteiger partial charge in [-0.3, -0.25) is 4.79 Å². The summed E-state index contributed by atoms with van der Waals surface area (Å²) < 4.78 is 9.99. The highest BCUT2D eigenvalue weighted by Crippen LogP contribution is 2.19. The van der Waals surface area contributed by atoms with E-state index >= 15 is 0 Å². The second-order valence-electron chi connectivity index (χ2n) is 3.53. The zero-order chi connectivity index (χ0) is 12.8. The van der Waals surface area contributed by atoms with Crippen LogP contribution in [-0.2, 0) is 0 Å². The fraction of sp³-hybridized carbons (Fsp3) is 0.167. The second kappa shape index (κ2) is 5.72. The van der Waals surface area contributed by atoms with Crippen molar-refractivity contribution in [1.82, 2.24) is 10.5 Å². The number of nitrogens with two attached hydrogens (primary N) is 1. The Hall–Kier alpha value is -2.50. The average molecular weight is 247 g/mol. The van der Waals surface area contributed by atoms with Crippen molar-refractivity contribution in [2.24, 2.45) is 0 Å². The van der Waals surface area contributed by atoms with Crippen LogP contribution in [0.1, 0.15) is 10.5 Å². The normalized spacial score (nSPS) is 10.0. The van der Waals surface area contributed by atoms with Gasteiger partial charge in [-0.25, -0.2) is 0 Å². The van der Waals surface area contributed by atoms with E-state index in [1.807, 2.05) is 12.1 Å². The largest absolute Gasteiger partial charge is 0.490 e. The van der Waals surface area contributed by atoms with Crippen molar-refractivity contribution in [2.45, 2.75) is 0 Å². The molecule has 0 radical (unpaired) electrons. The number of hydrogen-bond donors (Lipinski definition) is 2. The van der Waals surface area contributed by atoms with Crippen LogP contribution in [-0.4, -0.2) is 24.2 Å². The highest BCUT2D eigenvalue weighted by molar-refractivity contribution is 5.91. The summed E-state index contributed by atoms with van der Waals surface area (Å²) >= 11 is 0. The molecule has 0 fully saturated rings. The molecule has 6 heteroatoms. The maximum Gasteiger partial charge on any atom is 0.273 e. The fourth-order valence-corrected chi connectivity index (χ4v) is 1.36. The van der Waals surface area contributed by atoms with Gasteiger partial charge in [0, 0.05) is 6.07 Å². The van der Waals surface area contributed by atoms with Crippen molar-refractivity contribution < 1.29 is 14.1 Å². The van der Waals surface area contributed by atoms with E-state index < -0.39 is 0 Å². The van der Waals surface area contributed by atoms with Crippen molar-refractivity contribution >= 4 is 11.6 Å². The second-order valence-corrected chi connectivity index (χ2v) is 3.53. The number of para-hydroxylation sites is 2. The fourth-order valence-electron chi connectivity index (χ4n) is 1.36. The first-order valence-electron chi connectivity index (χ1n) is 5.43. The molecule has 0 aliphatic heterocycles. The van der Waals surface area contributed by atoms with Gasteiger partial charge in [0.05, 0.1) is 12.2 Å². The summed E-state index contributed by atoms with van der Waals surface area (Å²) in [7, 11) is 0. The molecule has 0 bridgehead atoms. The first-order valence-corrected chi connectivity index (χ1v) is 5.43. The minimum atomic E-state index is -0.298. The van der Waals surface area contributed by atoms with Gasteiger partial charge >= 0.3 is 0 Å². The molecule has 0 aliphatic rings. The molecule has 2 rings (SSSR count). The van der Waals surface area contributed by atoms with Crippen LogP contribution in [0, 0.1) is 0 Å². The molecule has 0 saturated carbocycles. The van der Waals surface area contributed by atoms with Crippen molar-refractivity contribution in [3.8, 4) is 5.75 Å². The van der Waals surface area contributed by atoms with Crippen LogP contribution in [0.5, 0.6) is 5.75 Å². The van der Waals surface area contributed by atoms with E-state index in [0.29, 0.717) is 24.6 Å². The van der Waals surface area contributed by atoms with Crippen LogP contribution in [0.2, 0.25) is 0 Å². The summed E-state index contributed by atoms with van der Waals surface area (Å²) in [6, 6.07) is 8.68. The summed E-state index contributed by atoms with van der Waals surface area (Å²) in [4.78, 5) is 11.5. The Morgan fingerprint density at radius 1 is 1.39 bits per heavy atom. The molecule has 94 valence electrons. The van der Waals surface area contributed by atoms with E-state index in [0.717, 1.165) is 0 Å². The topological polar surface area (TPSA) is 90.4 Å². The lowest BCUT2D eigenvalue weighted by atomic mass is 10.3. The van der Waals surface area contributed by atoms with E-state index in [1.165, 1.54) is 12.3 Å². The maximum absolute atomic E-state index is 11.5. The maximum atomic E-state index is 11.5. The van der Waals surface area contributed by atoms with Crippen molar-refractivity contribution in [3.05, 3.63) is 42.3 Å². The Labute approximate surface area is 104 Å². The standard InChI is InChI=1S/C12H13N3O3/c13-9-3-1-2-4-11(9)17-8-6-14-12(16)10-5-7-18-15-10/h1-5,7H,6,8,13H2,(H,14,16). The van der Waals surface area contributed by atoms with E-state index in [-0.39, 0.29) is 11.6 Å². The number of carbonyl (C=O) groups is 1. The van der Waals surface area contributed by atoms with Crippen LogP contribution in [0.4, 0.5) is 5.69 Å². The Balaban J connectivity index is 1.74. The molecule has 1 amide bonds. The SMILES string of the molecule is Nc1ccccc1OCCNC(=O)c1ccon1. The number of anilines is 1. The monoisotopic (exact) mass is 247 g/mol. The van der Waals surface area contributed by atoms with E-state index in [9.17, 15) is 4.79 Å². The van der Waals surface area contributed by atoms with Gasteiger partial charge in [0.2, 0.25) is 0 Å². The van der Waals surface area contributed by atoms with Crippen LogP contribution in [0.15, 0.2) is 41.1 Å². The number of ether oxygens (including phenoxy) is 1. The number of rotatable bonds is 5. The van der Waals surface area contributed by atoms with Crippen molar-refractivity contribution in [3.63, 3.8) is 0 Å². The number of aromatic nitrogens is 1. The third kappa shape index (κ3) is 3.00. The van der Waals surface area contributed by atoms with Gasteiger partial charge in [0.25, 0.3) is 5.91 Å². The van der Waals surface area contributed by atoms with Crippen LogP contribution in [0.3, 0.4) is 0 Å². The summed E-state index contributed by atoms with van der Waals surface area (Å²) in [5.41, 5.74) is 6.52. The molecule has 2 aromatic rings. The molecular weight excluding hydrogens is 234 g/mol. The Bertz CT molecular complexity index is 511. The van der Waals surface area contributed by atoms with Gasteiger partial charge in [-0.2, -0.15) is 0 Å². The number of nitrogens with one attached hydrogen (secondary N) is 1. The lowest BCUT2D eigenvalue weighted by Crippen LogP contribution is -2.28. The van der Waals surface area contributed by atoms with E-state index in [4.69, 9.17) is 10.5 Å². The zero-order valence-corrected chi connectivity index (χ0v) is 9.63. The van der Waals surface area contributed by atoms with E-state index in [2.05, 4.69) is 15.0 Å². The Morgan fingerprint density at radius 2 is 2.22 bits per heavy atom. The molecule has 1 aromatic heterocycles. The van der Waals surface area contributed by atoms with Crippen molar-refractivity contribution in [2.75, 3.05) is 18.9 Å². The molecular formula is C12H13N3O3. The number of carbonyl (C=O) groups excluding carboxylic acids is 1. The summed E-state index contributed by atoms with van der Waals surface area (Å²) in [5.74, 6) is 0.307.